The number of carbonyl (C=O) groups excluding carboxylic acids is 3. The monoisotopic (exact) mass is 779 g/mol. The maximum absolute atomic E-state index is 12.7. The zero-order valence-corrected chi connectivity index (χ0v) is 37.2. The molecule has 0 aliphatic carbocycles. The number of hydrogen-bond donors (Lipinski definition) is 0. The van der Waals surface area contributed by atoms with Crippen molar-refractivity contribution >= 4 is 17.9 Å². The second-order valence-electron chi connectivity index (χ2n) is 16.7. The standard InChI is InChI=1S/C49H94O6/c1-4-7-10-13-16-19-21-23-25-27-30-33-36-39-42-48(51)54-45-46(44-53-47(50)41-38-35-32-29-18-15-12-9-6-3)55-49(52)43-40-37-34-31-28-26-24-22-20-17-14-11-8-5-2/h46H,4-45H2,1-3H3/t46-/m1/s1. The van der Waals surface area contributed by atoms with Crippen LogP contribution in [0.4, 0.5) is 0 Å². The molecule has 55 heavy (non-hydrogen) atoms. The summed E-state index contributed by atoms with van der Waals surface area (Å²) in [5.41, 5.74) is 0. The van der Waals surface area contributed by atoms with E-state index in [1.54, 1.807) is 0 Å². The van der Waals surface area contributed by atoms with Crippen LogP contribution in [-0.4, -0.2) is 37.2 Å². The molecule has 6 nitrogen and oxygen atoms in total. The van der Waals surface area contributed by atoms with Crippen molar-refractivity contribution in [2.24, 2.45) is 0 Å². The van der Waals surface area contributed by atoms with Gasteiger partial charge >= 0.3 is 17.9 Å². The van der Waals surface area contributed by atoms with Gasteiger partial charge in [-0.05, 0) is 19.3 Å². The van der Waals surface area contributed by atoms with Crippen LogP contribution in [0.25, 0.3) is 0 Å². The summed E-state index contributed by atoms with van der Waals surface area (Å²) in [6.45, 7) is 6.65. The molecule has 6 heteroatoms. The summed E-state index contributed by atoms with van der Waals surface area (Å²) in [6.07, 6.45) is 46.5. The maximum atomic E-state index is 12.7. The molecular formula is C49H94O6. The Morgan fingerprint density at radius 2 is 0.491 bits per heavy atom. The van der Waals surface area contributed by atoms with Gasteiger partial charge in [0.1, 0.15) is 13.2 Å². The lowest BCUT2D eigenvalue weighted by molar-refractivity contribution is -0.167. The van der Waals surface area contributed by atoms with E-state index in [9.17, 15) is 14.4 Å². The van der Waals surface area contributed by atoms with Crippen LogP contribution < -0.4 is 0 Å². The summed E-state index contributed by atoms with van der Waals surface area (Å²) in [5, 5.41) is 0. The van der Waals surface area contributed by atoms with E-state index in [1.165, 1.54) is 180 Å². The van der Waals surface area contributed by atoms with Gasteiger partial charge in [0.05, 0.1) is 0 Å². The lowest BCUT2D eigenvalue weighted by Crippen LogP contribution is -2.30. The highest BCUT2D eigenvalue weighted by Crippen LogP contribution is 2.16. The molecule has 0 aliphatic heterocycles. The van der Waals surface area contributed by atoms with E-state index in [0.717, 1.165) is 57.8 Å². The molecule has 0 rings (SSSR count). The fraction of sp³-hybridized carbons (Fsp3) is 0.939. The van der Waals surface area contributed by atoms with Crippen molar-refractivity contribution in [2.45, 2.75) is 284 Å². The van der Waals surface area contributed by atoms with Crippen LogP contribution in [0.3, 0.4) is 0 Å². The second-order valence-corrected chi connectivity index (χ2v) is 16.7. The molecule has 0 saturated heterocycles. The molecule has 1 atom stereocenters. The zero-order chi connectivity index (χ0) is 40.1. The summed E-state index contributed by atoms with van der Waals surface area (Å²) in [4.78, 5) is 37.8. The van der Waals surface area contributed by atoms with Crippen LogP contribution in [0.2, 0.25) is 0 Å². The topological polar surface area (TPSA) is 78.9 Å². The van der Waals surface area contributed by atoms with Gasteiger partial charge in [0.2, 0.25) is 0 Å². The van der Waals surface area contributed by atoms with Gasteiger partial charge in [-0.2, -0.15) is 0 Å². The van der Waals surface area contributed by atoms with E-state index < -0.39 is 6.10 Å². The summed E-state index contributed by atoms with van der Waals surface area (Å²) in [5.74, 6) is -0.848. The summed E-state index contributed by atoms with van der Waals surface area (Å²) in [6, 6.07) is 0. The molecule has 0 heterocycles. The van der Waals surface area contributed by atoms with Crippen LogP contribution in [-0.2, 0) is 28.6 Å². The number of ether oxygens (including phenoxy) is 3. The molecule has 0 aromatic heterocycles. The summed E-state index contributed by atoms with van der Waals surface area (Å²) >= 11 is 0. The number of carbonyl (C=O) groups is 3. The quantitative estimate of drug-likeness (QED) is 0.0348. The van der Waals surface area contributed by atoms with Gasteiger partial charge in [0.15, 0.2) is 6.10 Å². The first-order valence-electron chi connectivity index (χ1n) is 24.5. The normalized spacial score (nSPS) is 11.8. The highest BCUT2D eigenvalue weighted by atomic mass is 16.6. The van der Waals surface area contributed by atoms with Crippen LogP contribution in [0.5, 0.6) is 0 Å². The van der Waals surface area contributed by atoms with Gasteiger partial charge in [-0.1, -0.05) is 239 Å². The third kappa shape index (κ3) is 43.4. The molecule has 0 unspecified atom stereocenters. The molecule has 0 radical (unpaired) electrons. The van der Waals surface area contributed by atoms with E-state index in [2.05, 4.69) is 20.8 Å². The lowest BCUT2D eigenvalue weighted by atomic mass is 10.0. The predicted molar refractivity (Wildman–Crippen MR) is 233 cm³/mol. The zero-order valence-electron chi connectivity index (χ0n) is 37.2. The van der Waals surface area contributed by atoms with Crippen molar-refractivity contribution in [3.63, 3.8) is 0 Å². The molecule has 326 valence electrons. The molecule has 0 fully saturated rings. The van der Waals surface area contributed by atoms with Crippen molar-refractivity contribution in [2.75, 3.05) is 13.2 Å². The lowest BCUT2D eigenvalue weighted by Gasteiger charge is -2.18. The van der Waals surface area contributed by atoms with Gasteiger partial charge in [-0.25, -0.2) is 0 Å². The Morgan fingerprint density at radius 1 is 0.291 bits per heavy atom. The number of esters is 3. The van der Waals surface area contributed by atoms with E-state index in [0.29, 0.717) is 19.3 Å². The van der Waals surface area contributed by atoms with Gasteiger partial charge in [-0.3, -0.25) is 14.4 Å². The van der Waals surface area contributed by atoms with Gasteiger partial charge in [0.25, 0.3) is 0 Å². The SMILES string of the molecule is CCCCCCCCCCCCCCCCC(=O)OC[C@@H](COC(=O)CCCCCCCCCCC)OC(=O)CCCCCCCCCCCCCCCC. The third-order valence-corrected chi connectivity index (χ3v) is 11.1. The Bertz CT molecular complexity index is 813. The highest BCUT2D eigenvalue weighted by molar-refractivity contribution is 5.71. The van der Waals surface area contributed by atoms with E-state index >= 15 is 0 Å². The number of hydrogen-bond acceptors (Lipinski definition) is 6. The maximum Gasteiger partial charge on any atom is 0.306 e. The number of rotatable bonds is 45. The minimum atomic E-state index is -0.758. The van der Waals surface area contributed by atoms with Gasteiger partial charge in [0, 0.05) is 19.3 Å². The molecule has 0 amide bonds. The van der Waals surface area contributed by atoms with Gasteiger partial charge < -0.3 is 14.2 Å². The average molecular weight is 779 g/mol. The Morgan fingerprint density at radius 3 is 0.727 bits per heavy atom. The molecule has 0 N–H and O–H groups in total. The highest BCUT2D eigenvalue weighted by Gasteiger charge is 2.19. The molecule has 0 aliphatic rings. The fourth-order valence-corrected chi connectivity index (χ4v) is 7.38. The fourth-order valence-electron chi connectivity index (χ4n) is 7.38. The molecule has 0 aromatic carbocycles. The molecule has 0 saturated carbocycles. The third-order valence-electron chi connectivity index (χ3n) is 11.1. The first kappa shape index (κ1) is 53.4. The summed E-state index contributed by atoms with van der Waals surface area (Å²) in [7, 11) is 0. The number of unbranched alkanes of at least 4 members (excludes halogenated alkanes) is 34. The van der Waals surface area contributed by atoms with E-state index in [4.69, 9.17) is 14.2 Å². The Kier molecular flexibility index (Phi) is 43.8. The Labute approximate surface area is 342 Å². The Hall–Kier alpha value is -1.59. The predicted octanol–water partition coefficient (Wildman–Crippen LogP) is 15.6. The van der Waals surface area contributed by atoms with Gasteiger partial charge in [-0.15, -0.1) is 0 Å². The van der Waals surface area contributed by atoms with Crippen molar-refractivity contribution in [1.82, 2.24) is 0 Å². The van der Waals surface area contributed by atoms with Crippen LogP contribution in [0.15, 0.2) is 0 Å². The Balaban J connectivity index is 4.28. The molecule has 0 spiro atoms. The molecular weight excluding hydrogens is 685 g/mol. The van der Waals surface area contributed by atoms with Crippen molar-refractivity contribution in [3.8, 4) is 0 Å². The first-order valence-corrected chi connectivity index (χ1v) is 24.5. The largest absolute Gasteiger partial charge is 0.462 e. The minimum Gasteiger partial charge on any atom is -0.462 e. The van der Waals surface area contributed by atoms with E-state index in [1.807, 2.05) is 0 Å². The first-order chi connectivity index (χ1) is 27.0. The van der Waals surface area contributed by atoms with Crippen molar-refractivity contribution in [3.05, 3.63) is 0 Å². The molecule has 0 bridgehead atoms. The smallest absolute Gasteiger partial charge is 0.306 e. The average Bonchev–Trinajstić information content (AvgIpc) is 3.18. The summed E-state index contributed by atoms with van der Waals surface area (Å²) < 4.78 is 16.7. The van der Waals surface area contributed by atoms with Crippen LogP contribution >= 0.6 is 0 Å². The minimum absolute atomic E-state index is 0.0623. The van der Waals surface area contributed by atoms with Crippen molar-refractivity contribution in [1.29, 1.82) is 0 Å². The van der Waals surface area contributed by atoms with E-state index in [-0.39, 0.29) is 31.1 Å². The van der Waals surface area contributed by atoms with Crippen LogP contribution in [0, 0.1) is 0 Å². The van der Waals surface area contributed by atoms with Crippen molar-refractivity contribution < 1.29 is 28.6 Å². The molecule has 0 aromatic rings. The second kappa shape index (κ2) is 45.1. The van der Waals surface area contributed by atoms with Crippen LogP contribution in [0.1, 0.15) is 278 Å².